The summed E-state index contributed by atoms with van der Waals surface area (Å²) >= 11 is 0. The van der Waals surface area contributed by atoms with Crippen LogP contribution in [0.25, 0.3) is 0 Å². The molecule has 0 saturated carbocycles. The standard InChI is InChI=1S/C15H22N2O4S/c1-4-17(5-2)15(19)12-7-6-8-13(11-12)16-14(18)9-10-22(3,20)21/h6-8,11H,4-5,9-10H2,1-3H3,(H,16,18). The van der Waals surface area contributed by atoms with Gasteiger partial charge in [-0.05, 0) is 32.0 Å². The van der Waals surface area contributed by atoms with Gasteiger partial charge in [-0.3, -0.25) is 9.59 Å². The summed E-state index contributed by atoms with van der Waals surface area (Å²) in [5.74, 6) is -0.688. The lowest BCUT2D eigenvalue weighted by Gasteiger charge is -2.19. The predicted octanol–water partition coefficient (Wildman–Crippen LogP) is 1.54. The minimum absolute atomic E-state index is 0.0998. The molecule has 1 rings (SSSR count). The van der Waals surface area contributed by atoms with Gasteiger partial charge in [0.15, 0.2) is 0 Å². The van der Waals surface area contributed by atoms with Crippen molar-refractivity contribution in [2.24, 2.45) is 0 Å². The largest absolute Gasteiger partial charge is 0.339 e. The Morgan fingerprint density at radius 1 is 1.18 bits per heavy atom. The maximum absolute atomic E-state index is 12.2. The Morgan fingerprint density at radius 2 is 1.82 bits per heavy atom. The third-order valence-electron chi connectivity index (χ3n) is 3.14. The molecule has 122 valence electrons. The van der Waals surface area contributed by atoms with Crippen LogP contribution in [0.4, 0.5) is 5.69 Å². The summed E-state index contributed by atoms with van der Waals surface area (Å²) in [5.41, 5.74) is 0.973. The monoisotopic (exact) mass is 326 g/mol. The molecule has 1 aromatic rings. The van der Waals surface area contributed by atoms with Crippen molar-refractivity contribution >= 4 is 27.3 Å². The zero-order valence-electron chi connectivity index (χ0n) is 13.1. The highest BCUT2D eigenvalue weighted by atomic mass is 32.2. The molecule has 0 aliphatic rings. The van der Waals surface area contributed by atoms with Crippen molar-refractivity contribution in [1.29, 1.82) is 0 Å². The number of hydrogen-bond acceptors (Lipinski definition) is 4. The number of carbonyl (C=O) groups excluding carboxylic acids is 2. The van der Waals surface area contributed by atoms with Crippen LogP contribution in [0.15, 0.2) is 24.3 Å². The van der Waals surface area contributed by atoms with Crippen molar-refractivity contribution in [3.63, 3.8) is 0 Å². The van der Waals surface area contributed by atoms with Crippen molar-refractivity contribution in [2.75, 3.05) is 30.4 Å². The van der Waals surface area contributed by atoms with Crippen LogP contribution in [-0.2, 0) is 14.6 Å². The van der Waals surface area contributed by atoms with E-state index >= 15 is 0 Å². The van der Waals surface area contributed by atoms with Gasteiger partial charge in [0.1, 0.15) is 9.84 Å². The summed E-state index contributed by atoms with van der Waals surface area (Å²) in [7, 11) is -3.17. The molecule has 6 nitrogen and oxygen atoms in total. The minimum Gasteiger partial charge on any atom is -0.339 e. The van der Waals surface area contributed by atoms with Crippen molar-refractivity contribution in [2.45, 2.75) is 20.3 Å². The first-order chi connectivity index (χ1) is 10.3. The van der Waals surface area contributed by atoms with Crippen molar-refractivity contribution < 1.29 is 18.0 Å². The number of anilines is 1. The van der Waals surface area contributed by atoms with Crippen LogP contribution in [0.1, 0.15) is 30.6 Å². The van der Waals surface area contributed by atoms with E-state index in [0.29, 0.717) is 24.3 Å². The number of sulfone groups is 1. The molecule has 0 heterocycles. The molecule has 0 bridgehead atoms. The lowest BCUT2D eigenvalue weighted by atomic mass is 10.1. The molecule has 0 aromatic heterocycles. The fourth-order valence-electron chi connectivity index (χ4n) is 1.92. The average Bonchev–Trinajstić information content (AvgIpc) is 2.46. The molecule has 0 aliphatic heterocycles. The zero-order chi connectivity index (χ0) is 16.8. The number of hydrogen-bond donors (Lipinski definition) is 1. The molecule has 0 radical (unpaired) electrons. The Balaban J connectivity index is 2.76. The fraction of sp³-hybridized carbons (Fsp3) is 0.467. The summed E-state index contributed by atoms with van der Waals surface area (Å²) in [6.45, 7) is 5.02. The van der Waals surface area contributed by atoms with Crippen molar-refractivity contribution in [3.8, 4) is 0 Å². The first-order valence-electron chi connectivity index (χ1n) is 7.13. The molecule has 0 aliphatic carbocycles. The quantitative estimate of drug-likeness (QED) is 0.824. The second-order valence-electron chi connectivity index (χ2n) is 4.99. The molecule has 0 spiro atoms. The van der Waals surface area contributed by atoms with E-state index in [9.17, 15) is 18.0 Å². The Kier molecular flexibility index (Phi) is 6.55. The minimum atomic E-state index is -3.17. The number of rotatable bonds is 7. The summed E-state index contributed by atoms with van der Waals surface area (Å²) in [6, 6.07) is 6.63. The van der Waals surface area contributed by atoms with E-state index in [1.165, 1.54) is 0 Å². The molecule has 0 unspecified atom stereocenters. The van der Waals surface area contributed by atoms with Gasteiger partial charge in [0, 0.05) is 37.0 Å². The summed E-state index contributed by atoms with van der Waals surface area (Å²) in [4.78, 5) is 25.6. The molecule has 1 N–H and O–H groups in total. The second kappa shape index (κ2) is 7.93. The zero-order valence-corrected chi connectivity index (χ0v) is 13.9. The van der Waals surface area contributed by atoms with Gasteiger partial charge < -0.3 is 10.2 Å². The first-order valence-corrected chi connectivity index (χ1v) is 9.19. The summed E-state index contributed by atoms with van der Waals surface area (Å²) in [6.07, 6.45) is 0.983. The van der Waals surface area contributed by atoms with Gasteiger partial charge in [-0.1, -0.05) is 6.07 Å². The molecule has 1 aromatic carbocycles. The number of nitrogens with one attached hydrogen (secondary N) is 1. The van der Waals surface area contributed by atoms with Crippen LogP contribution in [0.3, 0.4) is 0 Å². The third-order valence-corrected chi connectivity index (χ3v) is 4.09. The maximum Gasteiger partial charge on any atom is 0.253 e. The predicted molar refractivity (Wildman–Crippen MR) is 86.7 cm³/mol. The van der Waals surface area contributed by atoms with E-state index in [-0.39, 0.29) is 18.1 Å². The highest BCUT2D eigenvalue weighted by Gasteiger charge is 2.13. The highest BCUT2D eigenvalue weighted by Crippen LogP contribution is 2.13. The van der Waals surface area contributed by atoms with E-state index in [4.69, 9.17) is 0 Å². The Morgan fingerprint density at radius 3 is 2.36 bits per heavy atom. The van der Waals surface area contributed by atoms with E-state index in [1.54, 1.807) is 29.2 Å². The Hall–Kier alpha value is -1.89. The maximum atomic E-state index is 12.2. The molecule has 0 saturated heterocycles. The molecule has 7 heteroatoms. The second-order valence-corrected chi connectivity index (χ2v) is 7.25. The van der Waals surface area contributed by atoms with Crippen LogP contribution >= 0.6 is 0 Å². The molecular weight excluding hydrogens is 304 g/mol. The highest BCUT2D eigenvalue weighted by molar-refractivity contribution is 7.90. The first kappa shape index (κ1) is 18.2. The fourth-order valence-corrected chi connectivity index (χ4v) is 2.48. The van der Waals surface area contributed by atoms with Gasteiger partial charge in [-0.2, -0.15) is 0 Å². The third kappa shape index (κ3) is 5.85. The summed E-state index contributed by atoms with van der Waals surface area (Å²) < 4.78 is 22.1. The molecular formula is C15H22N2O4S. The van der Waals surface area contributed by atoms with Crippen LogP contribution in [0.5, 0.6) is 0 Å². The average molecular weight is 326 g/mol. The van der Waals surface area contributed by atoms with Crippen molar-refractivity contribution in [1.82, 2.24) is 4.90 Å². The number of benzene rings is 1. The Bertz CT molecular complexity index is 637. The van der Waals surface area contributed by atoms with E-state index in [0.717, 1.165) is 6.26 Å². The number of carbonyl (C=O) groups is 2. The SMILES string of the molecule is CCN(CC)C(=O)c1cccc(NC(=O)CCS(C)(=O)=O)c1. The normalized spacial score (nSPS) is 11.0. The van der Waals surface area contributed by atoms with Crippen LogP contribution < -0.4 is 5.32 Å². The van der Waals surface area contributed by atoms with Crippen LogP contribution in [0, 0.1) is 0 Å². The van der Waals surface area contributed by atoms with E-state index < -0.39 is 15.7 Å². The lowest BCUT2D eigenvalue weighted by molar-refractivity contribution is -0.115. The molecule has 22 heavy (non-hydrogen) atoms. The molecule has 0 atom stereocenters. The van der Waals surface area contributed by atoms with Crippen LogP contribution in [-0.4, -0.2) is 50.2 Å². The van der Waals surface area contributed by atoms with Gasteiger partial charge in [0.2, 0.25) is 5.91 Å². The number of amides is 2. The van der Waals surface area contributed by atoms with Gasteiger partial charge in [0.25, 0.3) is 5.91 Å². The van der Waals surface area contributed by atoms with E-state index in [1.807, 2.05) is 13.8 Å². The van der Waals surface area contributed by atoms with Gasteiger partial charge in [-0.25, -0.2) is 8.42 Å². The van der Waals surface area contributed by atoms with Crippen molar-refractivity contribution in [3.05, 3.63) is 29.8 Å². The smallest absolute Gasteiger partial charge is 0.253 e. The molecule has 2 amide bonds. The topological polar surface area (TPSA) is 83.6 Å². The Labute approximate surface area is 131 Å². The lowest BCUT2D eigenvalue weighted by Crippen LogP contribution is -2.30. The summed E-state index contributed by atoms with van der Waals surface area (Å²) in [5, 5.41) is 2.61. The molecule has 0 fully saturated rings. The number of nitrogens with zero attached hydrogens (tertiary/aromatic N) is 1. The van der Waals surface area contributed by atoms with Crippen LogP contribution in [0.2, 0.25) is 0 Å². The van der Waals surface area contributed by atoms with E-state index in [2.05, 4.69) is 5.32 Å². The van der Waals surface area contributed by atoms with Gasteiger partial charge in [0.05, 0.1) is 5.75 Å². The van der Waals surface area contributed by atoms with Gasteiger partial charge in [-0.15, -0.1) is 0 Å². The van der Waals surface area contributed by atoms with Gasteiger partial charge >= 0.3 is 0 Å².